The Morgan fingerprint density at radius 3 is 1.61 bits per heavy atom. The molecule has 1 heterocycles. The zero-order chi connectivity index (χ0) is 44.9. The quantitative estimate of drug-likeness (QED) is 0.0216. The van der Waals surface area contributed by atoms with Crippen LogP contribution in [0.25, 0.3) is 0 Å². The molecular weight excluding hydrogens is 779 g/mol. The van der Waals surface area contributed by atoms with Crippen molar-refractivity contribution in [2.45, 2.75) is 268 Å². The Bertz CT molecular complexity index is 1060. The number of aliphatic hydroxyl groups excluding tert-OH is 8. The summed E-state index contributed by atoms with van der Waals surface area (Å²) in [6.45, 7) is 3.35. The molecule has 12 heteroatoms. The molecule has 10 atom stereocenters. The van der Waals surface area contributed by atoms with Gasteiger partial charge >= 0.3 is 0 Å². The Balaban J connectivity index is 2.42. The summed E-state index contributed by atoms with van der Waals surface area (Å²) in [7, 11) is 0. The second kappa shape index (κ2) is 39.0. The first-order chi connectivity index (χ1) is 29.6. The zero-order valence-corrected chi connectivity index (χ0v) is 38.5. The number of carbonyl (C=O) groups excluding carboxylic acids is 1. The van der Waals surface area contributed by atoms with Crippen LogP contribution in [-0.4, -0.2) is 121 Å². The molecule has 1 saturated heterocycles. The molecule has 360 valence electrons. The number of hydrogen-bond acceptors (Lipinski definition) is 11. The van der Waals surface area contributed by atoms with E-state index in [1.165, 1.54) is 83.5 Å². The van der Waals surface area contributed by atoms with Gasteiger partial charge in [0.25, 0.3) is 0 Å². The van der Waals surface area contributed by atoms with Crippen LogP contribution in [0.4, 0.5) is 0 Å². The third-order valence-electron chi connectivity index (χ3n) is 12.0. The van der Waals surface area contributed by atoms with Crippen molar-refractivity contribution in [3.05, 3.63) is 24.3 Å². The maximum atomic E-state index is 13.1. The van der Waals surface area contributed by atoms with Gasteiger partial charge < -0.3 is 55.6 Å². The monoisotopic (exact) mass is 872 g/mol. The third-order valence-corrected chi connectivity index (χ3v) is 12.0. The van der Waals surface area contributed by atoms with Crippen LogP contribution >= 0.6 is 0 Å². The largest absolute Gasteiger partial charge is 0.394 e. The van der Waals surface area contributed by atoms with Crippen molar-refractivity contribution in [2.24, 2.45) is 0 Å². The van der Waals surface area contributed by atoms with E-state index in [1.54, 1.807) is 0 Å². The van der Waals surface area contributed by atoms with Crippen molar-refractivity contribution in [3.8, 4) is 0 Å². The van der Waals surface area contributed by atoms with E-state index in [1.807, 2.05) is 6.08 Å². The predicted octanol–water partition coefficient (Wildman–Crippen LogP) is 7.59. The molecule has 1 aliphatic rings. The summed E-state index contributed by atoms with van der Waals surface area (Å²) in [6, 6.07) is -1.19. The molecule has 0 spiro atoms. The highest BCUT2D eigenvalue weighted by atomic mass is 16.7. The highest BCUT2D eigenvalue weighted by Gasteiger charge is 2.44. The third kappa shape index (κ3) is 28.9. The lowest BCUT2D eigenvalue weighted by atomic mass is 9.98. The minimum atomic E-state index is -1.67. The Labute approximate surface area is 370 Å². The van der Waals surface area contributed by atoms with Crippen molar-refractivity contribution < 1.29 is 55.1 Å². The highest BCUT2D eigenvalue weighted by Crippen LogP contribution is 2.23. The van der Waals surface area contributed by atoms with Gasteiger partial charge in [0.2, 0.25) is 5.91 Å². The van der Waals surface area contributed by atoms with Gasteiger partial charge in [0.05, 0.1) is 31.5 Å². The molecule has 1 aliphatic heterocycles. The van der Waals surface area contributed by atoms with Crippen LogP contribution in [0.2, 0.25) is 0 Å². The van der Waals surface area contributed by atoms with E-state index < -0.39 is 74.2 Å². The van der Waals surface area contributed by atoms with Crippen LogP contribution in [0, 0.1) is 0 Å². The van der Waals surface area contributed by atoms with Gasteiger partial charge in [0, 0.05) is 0 Å². The minimum Gasteiger partial charge on any atom is -0.394 e. The smallest absolute Gasteiger partial charge is 0.249 e. The van der Waals surface area contributed by atoms with Gasteiger partial charge in [0.15, 0.2) is 6.29 Å². The van der Waals surface area contributed by atoms with E-state index in [9.17, 15) is 45.6 Å². The summed E-state index contributed by atoms with van der Waals surface area (Å²) in [4.78, 5) is 13.1. The van der Waals surface area contributed by atoms with Crippen LogP contribution in [0.5, 0.6) is 0 Å². The molecular formula is C49H93NO11. The number of carbonyl (C=O) groups is 1. The molecule has 9 N–H and O–H groups in total. The second-order valence-corrected chi connectivity index (χ2v) is 17.7. The first-order valence-corrected chi connectivity index (χ1v) is 24.8. The molecule has 12 nitrogen and oxygen atoms in total. The van der Waals surface area contributed by atoms with Crippen LogP contribution in [0.1, 0.15) is 206 Å². The number of rotatable bonds is 41. The molecule has 0 bridgehead atoms. The number of aliphatic hydroxyl groups is 8. The van der Waals surface area contributed by atoms with Crippen LogP contribution < -0.4 is 5.32 Å². The normalized spacial score (nSPS) is 22.2. The average molecular weight is 872 g/mol. The molecule has 1 unspecified atom stereocenters. The van der Waals surface area contributed by atoms with Crippen LogP contribution in [0.3, 0.4) is 0 Å². The van der Waals surface area contributed by atoms with Gasteiger partial charge in [-0.25, -0.2) is 0 Å². The fourth-order valence-corrected chi connectivity index (χ4v) is 7.87. The number of unbranched alkanes of at least 4 members (excludes halogenated alkanes) is 23. The molecule has 0 aromatic rings. The Hall–Kier alpha value is -1.45. The average Bonchev–Trinajstić information content (AvgIpc) is 3.25. The highest BCUT2D eigenvalue weighted by molar-refractivity contribution is 5.80. The molecule has 0 radical (unpaired) electrons. The summed E-state index contributed by atoms with van der Waals surface area (Å²) in [5, 5.41) is 85.9. The van der Waals surface area contributed by atoms with Gasteiger partial charge in [-0.05, 0) is 57.8 Å². The van der Waals surface area contributed by atoms with Gasteiger partial charge in [-0.15, -0.1) is 0 Å². The standard InChI is InChI=1S/C49H93NO11/c1-3-5-7-9-10-11-12-13-14-17-20-23-27-31-35-41(53)44(55)40(38-60-49-47(58)46(57)45(56)43(37-51)61-49)50-48(59)42(54)36-32-28-24-21-18-15-16-19-22-26-30-34-39(52)33-29-25-8-6-4-2/h13-14,29,33,39-47,49,51-58H,3-12,15-28,30-32,34-38H2,1-2H3,(H,50,59)/b14-13-,33-29+/t39?,40-,41+,42-,43+,44-,45+,46-,47+,49+/m0/s1. The van der Waals surface area contributed by atoms with Crippen molar-refractivity contribution in [3.63, 3.8) is 0 Å². The van der Waals surface area contributed by atoms with Gasteiger partial charge in [0.1, 0.15) is 36.6 Å². The molecule has 1 rings (SSSR count). The van der Waals surface area contributed by atoms with Gasteiger partial charge in [-0.3, -0.25) is 4.79 Å². The summed E-state index contributed by atoms with van der Waals surface area (Å²) >= 11 is 0. The van der Waals surface area contributed by atoms with Crippen LogP contribution in [0.15, 0.2) is 24.3 Å². The predicted molar refractivity (Wildman–Crippen MR) is 244 cm³/mol. The van der Waals surface area contributed by atoms with E-state index in [4.69, 9.17) is 9.47 Å². The van der Waals surface area contributed by atoms with Gasteiger partial charge in [-0.1, -0.05) is 173 Å². The lowest BCUT2D eigenvalue weighted by Crippen LogP contribution is -2.60. The summed E-state index contributed by atoms with van der Waals surface area (Å²) in [6.07, 6.45) is 28.0. The Morgan fingerprint density at radius 2 is 1.05 bits per heavy atom. The summed E-state index contributed by atoms with van der Waals surface area (Å²) in [5.41, 5.74) is 0. The Kier molecular flexibility index (Phi) is 36.8. The lowest BCUT2D eigenvalue weighted by molar-refractivity contribution is -0.303. The van der Waals surface area contributed by atoms with Crippen molar-refractivity contribution in [2.75, 3.05) is 13.2 Å². The van der Waals surface area contributed by atoms with Crippen molar-refractivity contribution in [1.82, 2.24) is 5.32 Å². The van der Waals surface area contributed by atoms with E-state index in [2.05, 4.69) is 37.4 Å². The van der Waals surface area contributed by atoms with E-state index in [-0.39, 0.29) is 18.9 Å². The number of amides is 1. The maximum absolute atomic E-state index is 13.1. The fraction of sp³-hybridized carbons (Fsp3) is 0.898. The molecule has 0 aromatic heterocycles. The minimum absolute atomic E-state index is 0.238. The van der Waals surface area contributed by atoms with E-state index in [0.29, 0.717) is 12.8 Å². The topological polar surface area (TPSA) is 209 Å². The second-order valence-electron chi connectivity index (χ2n) is 17.7. The summed E-state index contributed by atoms with van der Waals surface area (Å²) in [5.74, 6) is -0.716. The molecule has 1 amide bonds. The maximum Gasteiger partial charge on any atom is 0.249 e. The first kappa shape index (κ1) is 57.6. The number of ether oxygens (including phenoxy) is 2. The number of allylic oxidation sites excluding steroid dienone is 3. The molecule has 0 aromatic carbocycles. The van der Waals surface area contributed by atoms with Crippen molar-refractivity contribution >= 4 is 5.91 Å². The van der Waals surface area contributed by atoms with E-state index in [0.717, 1.165) is 83.5 Å². The Morgan fingerprint density at radius 1 is 0.590 bits per heavy atom. The molecule has 1 fully saturated rings. The lowest BCUT2D eigenvalue weighted by Gasteiger charge is -2.40. The summed E-state index contributed by atoms with van der Waals surface area (Å²) < 4.78 is 11.1. The molecule has 61 heavy (non-hydrogen) atoms. The fourth-order valence-electron chi connectivity index (χ4n) is 7.87. The zero-order valence-electron chi connectivity index (χ0n) is 38.5. The van der Waals surface area contributed by atoms with Crippen LogP contribution in [-0.2, 0) is 14.3 Å². The number of hydrogen-bond donors (Lipinski definition) is 9. The van der Waals surface area contributed by atoms with Crippen molar-refractivity contribution in [1.29, 1.82) is 0 Å². The number of nitrogens with one attached hydrogen (secondary N) is 1. The van der Waals surface area contributed by atoms with Gasteiger partial charge in [-0.2, -0.15) is 0 Å². The van der Waals surface area contributed by atoms with E-state index >= 15 is 0 Å². The SMILES string of the molecule is CCCCC/C=C/C(O)CCCCCCCCCCCCC[C@H](O)C(=O)N[C@@H](CO[C@@H]1O[C@H](CO)[C@@H](O)[C@H](O)[C@H]1O)[C@H](O)[C@H](O)CCCCCC/C=C\CCCCCCCC. The molecule has 0 saturated carbocycles. The first-order valence-electron chi connectivity index (χ1n) is 24.8. The molecule has 0 aliphatic carbocycles.